The maximum atomic E-state index is 14.7. The third-order valence-electron chi connectivity index (χ3n) is 13.4. The number of aliphatic carboxylic acids is 1. The lowest BCUT2D eigenvalue weighted by Crippen LogP contribution is -2.61. The number of imidazole rings is 1. The number of nitrogens with zero attached hydrogens (tertiary/aromatic N) is 1. The normalized spacial score (nSPS) is 15.2. The van der Waals surface area contributed by atoms with Crippen LogP contribution in [-0.2, 0) is 64.0 Å². The molecule has 4 rings (SSSR count). The summed E-state index contributed by atoms with van der Waals surface area (Å²) in [5.41, 5.74) is 8.59. The van der Waals surface area contributed by atoms with E-state index >= 15 is 0 Å². The van der Waals surface area contributed by atoms with Gasteiger partial charge in [-0.2, -0.15) is 0 Å². The fourth-order valence-corrected chi connectivity index (χ4v) is 8.58. The Bertz CT molecular complexity index is 2530. The fourth-order valence-electron chi connectivity index (χ4n) is 8.58. The van der Waals surface area contributed by atoms with E-state index in [1.807, 2.05) is 40.7 Å². The molecular formula is C57H80N10O10. The van der Waals surface area contributed by atoms with Crippen molar-refractivity contribution in [2.75, 3.05) is 0 Å². The summed E-state index contributed by atoms with van der Waals surface area (Å²) < 4.78 is 0. The first-order valence-corrected chi connectivity index (χ1v) is 26.5. The number of nitrogens with two attached hydrogens (primary N) is 1. The van der Waals surface area contributed by atoms with Crippen LogP contribution in [-0.4, -0.2) is 116 Å². The number of amides is 7. The van der Waals surface area contributed by atoms with Crippen molar-refractivity contribution in [1.82, 2.24) is 47.2 Å². The third-order valence-corrected chi connectivity index (χ3v) is 13.4. The zero-order valence-electron chi connectivity index (χ0n) is 45.5. The van der Waals surface area contributed by atoms with Gasteiger partial charge in [0.1, 0.15) is 48.0 Å². The van der Waals surface area contributed by atoms with E-state index in [-0.39, 0.29) is 49.7 Å². The van der Waals surface area contributed by atoms with E-state index in [0.717, 1.165) is 5.56 Å². The van der Waals surface area contributed by atoms with E-state index in [9.17, 15) is 48.6 Å². The number of hydrogen-bond acceptors (Lipinski definition) is 11. The number of hydrogen-bond donors (Lipinski definition) is 11. The molecule has 0 bridgehead atoms. The molecule has 0 unspecified atom stereocenters. The van der Waals surface area contributed by atoms with Gasteiger partial charge in [0.05, 0.1) is 18.1 Å². The van der Waals surface area contributed by atoms with Crippen LogP contribution in [0, 0.1) is 23.7 Å². The van der Waals surface area contributed by atoms with Crippen molar-refractivity contribution in [2.45, 2.75) is 155 Å². The van der Waals surface area contributed by atoms with Gasteiger partial charge in [-0.3, -0.25) is 33.6 Å². The highest BCUT2D eigenvalue weighted by Crippen LogP contribution is 2.17. The summed E-state index contributed by atoms with van der Waals surface area (Å²) in [6.07, 6.45) is 4.12. The minimum Gasteiger partial charge on any atom is -0.508 e. The Hall–Kier alpha value is -7.61. The molecule has 0 radical (unpaired) electrons. The number of nitrogens with one attached hydrogen (secondary N) is 8. The van der Waals surface area contributed by atoms with Gasteiger partial charge in [-0.05, 0) is 65.3 Å². The number of phenols is 1. The van der Waals surface area contributed by atoms with E-state index in [0.29, 0.717) is 36.1 Å². The summed E-state index contributed by atoms with van der Waals surface area (Å²) >= 11 is 0. The first kappa shape index (κ1) is 61.9. The number of carbonyl (C=O) groups is 8. The molecule has 0 aliphatic rings. The van der Waals surface area contributed by atoms with Gasteiger partial charge in [0.25, 0.3) is 0 Å². The van der Waals surface area contributed by atoms with Crippen molar-refractivity contribution in [1.29, 1.82) is 0 Å². The standard InChI is InChI=1S/C57H80N10O10/c1-9-35(7)48(56(75)65-46(29-39-21-23-41(68)24-22-39)55(74)67-49(57(76)77)36(8)10-2)66-54(73)45(28-38-19-15-12-16-20-38)63-51(70)43(26-34(5)6)62-53(72)47(30-40-31-59-32-60-40)64-52(71)44(27-37-17-13-11-14-18-37)61-50(69)42(58)25-33(3)4/h11-24,31-36,42-49,68H,9-10,25-30,58H2,1-8H3,(H,59,60)(H,61,69)(H,62,72)(H,63,70)(H,64,71)(H,65,75)(H,66,73)(H,67,74)(H,76,77)/t35-,36-,42-,43-,44-,45-,46-,47-,48-,49-/m0/s1. The Labute approximate surface area is 451 Å². The zero-order chi connectivity index (χ0) is 56.8. The molecule has 0 saturated carbocycles. The molecule has 3 aromatic carbocycles. The Kier molecular flexibility index (Phi) is 24.8. The van der Waals surface area contributed by atoms with Crippen LogP contribution < -0.4 is 43.0 Å². The van der Waals surface area contributed by atoms with Crippen LogP contribution in [0.25, 0.3) is 0 Å². The van der Waals surface area contributed by atoms with Crippen molar-refractivity contribution in [2.24, 2.45) is 29.4 Å². The number of H-pyrrole nitrogens is 1. The monoisotopic (exact) mass is 1060 g/mol. The molecule has 0 spiro atoms. The Morgan fingerprint density at radius 1 is 0.494 bits per heavy atom. The highest BCUT2D eigenvalue weighted by molar-refractivity contribution is 5.98. The number of benzene rings is 3. The van der Waals surface area contributed by atoms with Gasteiger partial charge in [-0.1, -0.05) is 141 Å². The summed E-state index contributed by atoms with van der Waals surface area (Å²) in [7, 11) is 0. The SMILES string of the molecule is CC[C@H](C)[C@H](NC(=O)[C@H](Cc1ccc(O)cc1)NC(=O)[C@@H](NC(=O)[C@H](Cc1ccccc1)NC(=O)[C@H](CC(C)C)NC(=O)[C@H](Cc1c[nH]cn1)NC(=O)[C@H](Cc1ccccc1)NC(=O)[C@@H](N)CC(C)C)[C@@H](C)CC)C(=O)O. The van der Waals surface area contributed by atoms with E-state index in [2.05, 4.69) is 47.2 Å². The van der Waals surface area contributed by atoms with Crippen molar-refractivity contribution < 1.29 is 48.6 Å². The molecule has 1 heterocycles. The minimum absolute atomic E-state index is 0.0240. The number of aromatic hydroxyl groups is 1. The van der Waals surface area contributed by atoms with Crippen molar-refractivity contribution in [3.63, 3.8) is 0 Å². The van der Waals surface area contributed by atoms with Crippen molar-refractivity contribution >= 4 is 47.3 Å². The number of carboxylic acids is 1. The predicted octanol–water partition coefficient (Wildman–Crippen LogP) is 3.38. The summed E-state index contributed by atoms with van der Waals surface area (Å²) in [5, 5.41) is 39.3. The molecule has 7 amide bonds. The Morgan fingerprint density at radius 3 is 1.32 bits per heavy atom. The summed E-state index contributed by atoms with van der Waals surface area (Å²) in [4.78, 5) is 119. The summed E-state index contributed by atoms with van der Waals surface area (Å²) in [6.45, 7) is 14.6. The smallest absolute Gasteiger partial charge is 0.326 e. The number of phenolic OH excluding ortho intramolecular Hbond substituents is 1. The van der Waals surface area contributed by atoms with Crippen LogP contribution in [0.5, 0.6) is 5.75 Å². The van der Waals surface area contributed by atoms with Gasteiger partial charge < -0.3 is 58.1 Å². The van der Waals surface area contributed by atoms with Crippen LogP contribution in [0.3, 0.4) is 0 Å². The van der Waals surface area contributed by atoms with Crippen molar-refractivity contribution in [3.8, 4) is 5.75 Å². The zero-order valence-corrected chi connectivity index (χ0v) is 45.5. The first-order chi connectivity index (χ1) is 36.6. The molecule has 0 aliphatic heterocycles. The van der Waals surface area contributed by atoms with Gasteiger partial charge in [-0.15, -0.1) is 0 Å². The molecule has 418 valence electrons. The number of aromatic nitrogens is 2. The fraction of sp³-hybridized carbons (Fsp3) is 0.491. The van der Waals surface area contributed by atoms with E-state index < -0.39 is 107 Å². The van der Waals surface area contributed by atoms with Gasteiger partial charge in [0, 0.05) is 31.9 Å². The molecule has 0 fully saturated rings. The lowest BCUT2D eigenvalue weighted by atomic mass is 9.95. The largest absolute Gasteiger partial charge is 0.508 e. The van der Waals surface area contributed by atoms with Crippen LogP contribution in [0.1, 0.15) is 103 Å². The van der Waals surface area contributed by atoms with Crippen molar-refractivity contribution in [3.05, 3.63) is 120 Å². The van der Waals surface area contributed by atoms with Gasteiger partial charge in [0.2, 0.25) is 41.4 Å². The quantitative estimate of drug-likeness (QED) is 0.0346. The minimum atomic E-state index is -1.32. The van der Waals surface area contributed by atoms with Crippen LogP contribution in [0.15, 0.2) is 97.5 Å². The average Bonchev–Trinajstić information content (AvgIpc) is 3.91. The highest BCUT2D eigenvalue weighted by atomic mass is 16.4. The van der Waals surface area contributed by atoms with E-state index in [1.165, 1.54) is 18.5 Å². The topological polar surface area (TPSA) is 316 Å². The number of carboxylic acid groups (broad SMARTS) is 1. The van der Waals surface area contributed by atoms with E-state index in [1.54, 1.807) is 93.7 Å². The molecule has 10 atom stereocenters. The van der Waals surface area contributed by atoms with Gasteiger partial charge >= 0.3 is 5.97 Å². The van der Waals surface area contributed by atoms with Crippen LogP contribution >= 0.6 is 0 Å². The summed E-state index contributed by atoms with van der Waals surface area (Å²) in [6, 6.07) is 14.1. The predicted molar refractivity (Wildman–Crippen MR) is 291 cm³/mol. The van der Waals surface area contributed by atoms with Gasteiger partial charge in [0.15, 0.2) is 0 Å². The lowest BCUT2D eigenvalue weighted by Gasteiger charge is -2.30. The van der Waals surface area contributed by atoms with Gasteiger partial charge in [-0.25, -0.2) is 9.78 Å². The molecule has 4 aromatic rings. The maximum Gasteiger partial charge on any atom is 0.326 e. The Balaban J connectivity index is 1.64. The molecule has 20 heteroatoms. The van der Waals surface area contributed by atoms with Crippen LogP contribution in [0.4, 0.5) is 0 Å². The molecule has 1 aromatic heterocycles. The first-order valence-electron chi connectivity index (χ1n) is 26.5. The second-order valence-electron chi connectivity index (χ2n) is 20.8. The third kappa shape index (κ3) is 20.5. The Morgan fingerprint density at radius 2 is 0.883 bits per heavy atom. The molecule has 12 N–H and O–H groups in total. The number of aromatic amines is 1. The molecule has 77 heavy (non-hydrogen) atoms. The number of carbonyl (C=O) groups excluding carboxylic acids is 7. The van der Waals surface area contributed by atoms with Crippen LogP contribution in [0.2, 0.25) is 0 Å². The maximum absolute atomic E-state index is 14.7. The number of rotatable bonds is 31. The molecular weight excluding hydrogens is 985 g/mol. The van der Waals surface area contributed by atoms with E-state index in [4.69, 9.17) is 5.73 Å². The second-order valence-corrected chi connectivity index (χ2v) is 20.8. The molecule has 20 nitrogen and oxygen atoms in total. The molecule has 0 saturated heterocycles. The average molecular weight is 1070 g/mol. The highest BCUT2D eigenvalue weighted by Gasteiger charge is 2.37. The lowest BCUT2D eigenvalue weighted by molar-refractivity contribution is -0.144. The molecule has 0 aliphatic carbocycles. The second kappa shape index (κ2) is 30.8. The summed E-state index contributed by atoms with van der Waals surface area (Å²) in [5.74, 6) is -7.27.